The summed E-state index contributed by atoms with van der Waals surface area (Å²) in [4.78, 5) is 3.90. The predicted octanol–water partition coefficient (Wildman–Crippen LogP) is 2.16. The zero-order valence-corrected chi connectivity index (χ0v) is 10.9. The fraction of sp³-hybridized carbons (Fsp3) is 0.455. The number of pyridine rings is 1. The molecular weight excluding hydrogens is 261 g/mol. The molecule has 0 aromatic carbocycles. The van der Waals surface area contributed by atoms with Gasteiger partial charge in [-0.15, -0.1) is 12.4 Å². The standard InChI is InChI=1S/C11H12ClN3O.ClH/c1-7(10-2-3-14-10)16-9-4-8(5-13)11(12)15-6-9;/h4,6-7,10,14H,2-3H2,1H3;1H/t7?,10-;/m0./s1. The van der Waals surface area contributed by atoms with Crippen molar-refractivity contribution in [2.24, 2.45) is 0 Å². The molecule has 2 rings (SSSR count). The minimum absolute atomic E-state index is 0. The number of hydrogen-bond donors (Lipinski definition) is 1. The summed E-state index contributed by atoms with van der Waals surface area (Å²) in [6, 6.07) is 3.98. The summed E-state index contributed by atoms with van der Waals surface area (Å²) in [5.74, 6) is 0.585. The van der Waals surface area contributed by atoms with E-state index in [1.807, 2.05) is 13.0 Å². The molecule has 1 aromatic heterocycles. The summed E-state index contributed by atoms with van der Waals surface area (Å²) in [6.45, 7) is 3.04. The maximum Gasteiger partial charge on any atom is 0.147 e. The van der Waals surface area contributed by atoms with Gasteiger partial charge in [-0.1, -0.05) is 11.6 Å². The van der Waals surface area contributed by atoms with Crippen molar-refractivity contribution in [1.82, 2.24) is 10.3 Å². The molecule has 2 heterocycles. The molecule has 0 saturated carbocycles. The third-order valence-corrected chi connectivity index (χ3v) is 2.99. The lowest BCUT2D eigenvalue weighted by molar-refractivity contribution is 0.133. The van der Waals surface area contributed by atoms with Gasteiger partial charge in [0.25, 0.3) is 0 Å². The molecule has 0 spiro atoms. The van der Waals surface area contributed by atoms with Gasteiger partial charge in [0.05, 0.1) is 11.8 Å². The van der Waals surface area contributed by atoms with Crippen LogP contribution in [0.15, 0.2) is 12.3 Å². The average molecular weight is 274 g/mol. The van der Waals surface area contributed by atoms with E-state index in [2.05, 4.69) is 10.3 Å². The highest BCUT2D eigenvalue weighted by molar-refractivity contribution is 6.30. The molecule has 1 N–H and O–H groups in total. The molecule has 1 saturated heterocycles. The average Bonchev–Trinajstić information content (AvgIpc) is 2.18. The summed E-state index contributed by atoms with van der Waals surface area (Å²) in [6.07, 6.45) is 2.73. The van der Waals surface area contributed by atoms with Gasteiger partial charge in [-0.25, -0.2) is 4.98 Å². The highest BCUT2D eigenvalue weighted by Crippen LogP contribution is 2.21. The Labute approximate surface area is 111 Å². The minimum atomic E-state index is 0. The first-order chi connectivity index (χ1) is 7.70. The van der Waals surface area contributed by atoms with Crippen molar-refractivity contribution in [1.29, 1.82) is 5.26 Å². The van der Waals surface area contributed by atoms with Crippen LogP contribution in [0, 0.1) is 11.3 Å². The van der Waals surface area contributed by atoms with E-state index in [1.165, 1.54) is 0 Å². The van der Waals surface area contributed by atoms with Gasteiger partial charge in [0.2, 0.25) is 0 Å². The monoisotopic (exact) mass is 273 g/mol. The molecular formula is C11H13Cl2N3O. The normalized spacial score (nSPS) is 19.5. The lowest BCUT2D eigenvalue weighted by Crippen LogP contribution is -2.51. The van der Waals surface area contributed by atoms with Crippen LogP contribution in [0.1, 0.15) is 18.9 Å². The van der Waals surface area contributed by atoms with Crippen LogP contribution in [0.2, 0.25) is 5.15 Å². The van der Waals surface area contributed by atoms with Crippen LogP contribution < -0.4 is 10.1 Å². The van der Waals surface area contributed by atoms with Crippen LogP contribution >= 0.6 is 24.0 Å². The van der Waals surface area contributed by atoms with E-state index < -0.39 is 0 Å². The summed E-state index contributed by atoms with van der Waals surface area (Å²) in [5.41, 5.74) is 0.341. The molecule has 1 aliphatic rings. The van der Waals surface area contributed by atoms with Crippen molar-refractivity contribution in [2.75, 3.05) is 6.54 Å². The number of nitriles is 1. The molecule has 17 heavy (non-hydrogen) atoms. The van der Waals surface area contributed by atoms with Gasteiger partial charge >= 0.3 is 0 Å². The first-order valence-corrected chi connectivity index (χ1v) is 5.54. The van der Waals surface area contributed by atoms with Crippen molar-refractivity contribution >= 4 is 24.0 Å². The number of halogens is 2. The zero-order valence-electron chi connectivity index (χ0n) is 9.31. The second kappa shape index (κ2) is 6.06. The largest absolute Gasteiger partial charge is 0.487 e. The summed E-state index contributed by atoms with van der Waals surface area (Å²) in [5, 5.41) is 12.3. The van der Waals surface area contributed by atoms with Crippen LogP contribution in [0.3, 0.4) is 0 Å². The summed E-state index contributed by atoms with van der Waals surface area (Å²) >= 11 is 5.73. The second-order valence-electron chi connectivity index (χ2n) is 3.79. The molecule has 0 bridgehead atoms. The quantitative estimate of drug-likeness (QED) is 0.858. The van der Waals surface area contributed by atoms with E-state index in [-0.39, 0.29) is 23.7 Å². The molecule has 1 aliphatic heterocycles. The van der Waals surface area contributed by atoms with Gasteiger partial charge in [-0.3, -0.25) is 0 Å². The van der Waals surface area contributed by atoms with Crippen LogP contribution in [0.5, 0.6) is 5.75 Å². The maximum atomic E-state index is 8.80. The zero-order chi connectivity index (χ0) is 11.5. The maximum absolute atomic E-state index is 8.80. The van der Waals surface area contributed by atoms with Crippen molar-refractivity contribution < 1.29 is 4.74 Å². The summed E-state index contributed by atoms with van der Waals surface area (Å²) < 4.78 is 5.68. The Morgan fingerprint density at radius 1 is 1.71 bits per heavy atom. The lowest BCUT2D eigenvalue weighted by Gasteiger charge is -2.33. The highest BCUT2D eigenvalue weighted by Gasteiger charge is 2.24. The van der Waals surface area contributed by atoms with E-state index in [9.17, 15) is 0 Å². The topological polar surface area (TPSA) is 57.9 Å². The predicted molar refractivity (Wildman–Crippen MR) is 67.7 cm³/mol. The molecule has 1 aromatic rings. The van der Waals surface area contributed by atoms with Gasteiger partial charge < -0.3 is 10.1 Å². The van der Waals surface area contributed by atoms with E-state index in [0.717, 1.165) is 13.0 Å². The Hall–Kier alpha value is -1.02. The second-order valence-corrected chi connectivity index (χ2v) is 4.15. The number of nitrogens with zero attached hydrogens (tertiary/aromatic N) is 2. The fourth-order valence-corrected chi connectivity index (χ4v) is 1.73. The van der Waals surface area contributed by atoms with E-state index in [0.29, 0.717) is 17.4 Å². The fourth-order valence-electron chi connectivity index (χ4n) is 1.58. The van der Waals surface area contributed by atoms with Gasteiger partial charge in [0.1, 0.15) is 23.1 Å². The Balaban J connectivity index is 0.00000144. The highest BCUT2D eigenvalue weighted by atomic mass is 35.5. The lowest BCUT2D eigenvalue weighted by atomic mass is 10.0. The van der Waals surface area contributed by atoms with Gasteiger partial charge in [-0.2, -0.15) is 5.26 Å². The minimum Gasteiger partial charge on any atom is -0.487 e. The van der Waals surface area contributed by atoms with E-state index in [4.69, 9.17) is 21.6 Å². The third kappa shape index (κ3) is 3.22. The number of ether oxygens (including phenoxy) is 1. The Morgan fingerprint density at radius 2 is 2.41 bits per heavy atom. The molecule has 0 radical (unpaired) electrons. The molecule has 4 nitrogen and oxygen atoms in total. The first-order valence-electron chi connectivity index (χ1n) is 5.16. The van der Waals surface area contributed by atoms with E-state index in [1.54, 1.807) is 12.3 Å². The molecule has 0 aliphatic carbocycles. The number of aromatic nitrogens is 1. The van der Waals surface area contributed by atoms with Crippen LogP contribution in [0.4, 0.5) is 0 Å². The van der Waals surface area contributed by atoms with Crippen molar-refractivity contribution in [3.8, 4) is 11.8 Å². The van der Waals surface area contributed by atoms with Gasteiger partial charge in [0.15, 0.2) is 0 Å². The Morgan fingerprint density at radius 3 is 2.94 bits per heavy atom. The molecule has 2 atom stereocenters. The molecule has 6 heteroatoms. The van der Waals surface area contributed by atoms with Crippen LogP contribution in [-0.4, -0.2) is 23.7 Å². The Kier molecular flexibility index (Phi) is 5.01. The smallest absolute Gasteiger partial charge is 0.147 e. The molecule has 1 fully saturated rings. The third-order valence-electron chi connectivity index (χ3n) is 2.68. The van der Waals surface area contributed by atoms with Crippen LogP contribution in [-0.2, 0) is 0 Å². The first kappa shape index (κ1) is 14.0. The molecule has 1 unspecified atom stereocenters. The van der Waals surface area contributed by atoms with Crippen molar-refractivity contribution in [2.45, 2.75) is 25.5 Å². The van der Waals surface area contributed by atoms with E-state index >= 15 is 0 Å². The molecule has 92 valence electrons. The number of hydrogen-bond acceptors (Lipinski definition) is 4. The number of rotatable bonds is 3. The van der Waals surface area contributed by atoms with Gasteiger partial charge in [-0.05, 0) is 19.9 Å². The Bertz CT molecular complexity index is 429. The summed E-state index contributed by atoms with van der Waals surface area (Å²) in [7, 11) is 0. The van der Waals surface area contributed by atoms with Gasteiger partial charge in [0, 0.05) is 12.1 Å². The molecule has 0 amide bonds. The van der Waals surface area contributed by atoms with Crippen molar-refractivity contribution in [3.63, 3.8) is 0 Å². The van der Waals surface area contributed by atoms with Crippen LogP contribution in [0.25, 0.3) is 0 Å². The SMILES string of the molecule is CC(Oc1cnc(Cl)c(C#N)c1)[C@@H]1CCN1.Cl. The number of nitrogens with one attached hydrogen (secondary N) is 1. The van der Waals surface area contributed by atoms with Crippen molar-refractivity contribution in [3.05, 3.63) is 23.0 Å².